The smallest absolute Gasteiger partial charge is 0.321 e. The maximum absolute atomic E-state index is 12.9. The van der Waals surface area contributed by atoms with Crippen molar-refractivity contribution in [1.82, 2.24) is 24.9 Å². The first kappa shape index (κ1) is 17.4. The fourth-order valence-corrected chi connectivity index (χ4v) is 3.55. The van der Waals surface area contributed by atoms with Gasteiger partial charge in [-0.2, -0.15) is 0 Å². The predicted octanol–water partition coefficient (Wildman–Crippen LogP) is 2.50. The van der Waals surface area contributed by atoms with Gasteiger partial charge in [0.1, 0.15) is 5.69 Å². The summed E-state index contributed by atoms with van der Waals surface area (Å²) in [5.41, 5.74) is 3.12. The molecule has 8 heteroatoms. The van der Waals surface area contributed by atoms with Gasteiger partial charge in [0.05, 0.1) is 30.0 Å². The number of piperidine rings is 1. The van der Waals surface area contributed by atoms with Crippen LogP contribution in [0.1, 0.15) is 30.1 Å². The first-order chi connectivity index (χ1) is 13.1. The summed E-state index contributed by atoms with van der Waals surface area (Å²) >= 11 is 0. The number of aliphatic hydroxyl groups excluding tert-OH is 1. The Morgan fingerprint density at radius 2 is 2.30 bits per heavy atom. The van der Waals surface area contributed by atoms with Crippen LogP contribution >= 0.6 is 0 Å². The van der Waals surface area contributed by atoms with E-state index in [-0.39, 0.29) is 18.7 Å². The lowest BCUT2D eigenvalue weighted by Crippen LogP contribution is -2.43. The number of anilines is 1. The van der Waals surface area contributed by atoms with Gasteiger partial charge in [-0.1, -0.05) is 11.3 Å². The molecule has 3 aromatic rings. The number of hydrogen-bond acceptors (Lipinski definition) is 5. The largest absolute Gasteiger partial charge is 0.390 e. The average Bonchev–Trinajstić information content (AvgIpc) is 3.17. The maximum Gasteiger partial charge on any atom is 0.321 e. The monoisotopic (exact) mass is 366 g/mol. The van der Waals surface area contributed by atoms with E-state index in [1.807, 2.05) is 25.1 Å². The molecule has 2 N–H and O–H groups in total. The lowest BCUT2D eigenvalue weighted by atomic mass is 10.1. The van der Waals surface area contributed by atoms with Gasteiger partial charge in [0.15, 0.2) is 0 Å². The molecule has 8 nitrogen and oxygen atoms in total. The Labute approximate surface area is 156 Å². The SMILES string of the molecule is Cc1cc(NC(=O)N2CCCC(n3cc(CO)nn3)C2)c2ncccc2c1. The zero-order chi connectivity index (χ0) is 18.8. The topological polar surface area (TPSA) is 96.2 Å². The molecular formula is C19H22N6O2. The van der Waals surface area contributed by atoms with E-state index in [0.717, 1.165) is 35.0 Å². The summed E-state index contributed by atoms with van der Waals surface area (Å²) in [6.45, 7) is 3.12. The molecule has 1 aliphatic rings. The van der Waals surface area contributed by atoms with Crippen LogP contribution in [0.15, 0.2) is 36.7 Å². The van der Waals surface area contributed by atoms with Crippen LogP contribution in [0, 0.1) is 6.92 Å². The Balaban J connectivity index is 1.51. The number of nitrogens with one attached hydrogen (secondary N) is 1. The van der Waals surface area contributed by atoms with Crippen molar-refractivity contribution in [3.63, 3.8) is 0 Å². The molecule has 0 bridgehead atoms. The third-order valence-electron chi connectivity index (χ3n) is 4.87. The van der Waals surface area contributed by atoms with Gasteiger partial charge in [-0.25, -0.2) is 9.48 Å². The van der Waals surface area contributed by atoms with E-state index >= 15 is 0 Å². The second-order valence-electron chi connectivity index (χ2n) is 6.91. The zero-order valence-electron chi connectivity index (χ0n) is 15.2. The standard InChI is InChI=1S/C19H22N6O2/c1-13-8-14-4-2-6-20-18(14)17(9-13)21-19(27)24-7-3-5-16(11-24)25-10-15(12-26)22-23-25/h2,4,6,8-10,16,26H,3,5,7,11-12H2,1H3,(H,21,27). The van der Waals surface area contributed by atoms with Crippen LogP contribution in [0.3, 0.4) is 0 Å². The second kappa shape index (κ2) is 7.32. The summed E-state index contributed by atoms with van der Waals surface area (Å²) in [7, 11) is 0. The molecule has 1 saturated heterocycles. The summed E-state index contributed by atoms with van der Waals surface area (Å²) in [6, 6.07) is 7.80. The number of carbonyl (C=O) groups is 1. The Bertz CT molecular complexity index is 970. The fourth-order valence-electron chi connectivity index (χ4n) is 3.55. The van der Waals surface area contributed by atoms with E-state index in [1.54, 1.807) is 22.0 Å². The minimum absolute atomic E-state index is 0.0599. The summed E-state index contributed by atoms with van der Waals surface area (Å²) in [4.78, 5) is 19.1. The van der Waals surface area contributed by atoms with Crippen LogP contribution < -0.4 is 5.32 Å². The van der Waals surface area contributed by atoms with Gasteiger partial charge in [0.25, 0.3) is 0 Å². The number of hydrogen-bond donors (Lipinski definition) is 2. The highest BCUT2D eigenvalue weighted by molar-refractivity contribution is 6.00. The second-order valence-corrected chi connectivity index (χ2v) is 6.91. The minimum atomic E-state index is -0.139. The summed E-state index contributed by atoms with van der Waals surface area (Å²) < 4.78 is 1.74. The van der Waals surface area contributed by atoms with Gasteiger partial charge in [-0.05, 0) is 43.5 Å². The molecule has 1 aromatic carbocycles. The van der Waals surface area contributed by atoms with Crippen molar-refractivity contribution in [2.24, 2.45) is 0 Å². The number of amides is 2. The van der Waals surface area contributed by atoms with Crippen LogP contribution in [0.4, 0.5) is 10.5 Å². The van der Waals surface area contributed by atoms with Crippen molar-refractivity contribution in [2.45, 2.75) is 32.4 Å². The third kappa shape index (κ3) is 3.61. The minimum Gasteiger partial charge on any atom is -0.390 e. The zero-order valence-corrected chi connectivity index (χ0v) is 15.2. The number of urea groups is 1. The molecule has 140 valence electrons. The number of fused-ring (bicyclic) bond motifs is 1. The van der Waals surface area contributed by atoms with Crippen LogP contribution in [-0.2, 0) is 6.61 Å². The van der Waals surface area contributed by atoms with Crippen LogP contribution in [0.25, 0.3) is 10.9 Å². The van der Waals surface area contributed by atoms with Crippen molar-refractivity contribution in [3.8, 4) is 0 Å². The molecule has 2 amide bonds. The maximum atomic E-state index is 12.9. The van der Waals surface area contributed by atoms with Crippen molar-refractivity contribution in [3.05, 3.63) is 47.9 Å². The number of aliphatic hydroxyl groups is 1. The fraction of sp³-hybridized carbons (Fsp3) is 0.368. The Morgan fingerprint density at radius 3 is 3.11 bits per heavy atom. The van der Waals surface area contributed by atoms with Crippen molar-refractivity contribution in [2.75, 3.05) is 18.4 Å². The number of likely N-dealkylation sites (tertiary alicyclic amines) is 1. The lowest BCUT2D eigenvalue weighted by molar-refractivity contribution is 0.174. The van der Waals surface area contributed by atoms with E-state index in [1.165, 1.54) is 0 Å². The van der Waals surface area contributed by atoms with E-state index in [4.69, 9.17) is 5.11 Å². The molecule has 1 fully saturated rings. The van der Waals surface area contributed by atoms with Gasteiger partial charge >= 0.3 is 6.03 Å². The normalized spacial score (nSPS) is 17.3. The molecule has 1 aliphatic heterocycles. The molecule has 2 aromatic heterocycles. The summed E-state index contributed by atoms with van der Waals surface area (Å²) in [5.74, 6) is 0. The van der Waals surface area contributed by atoms with E-state index < -0.39 is 0 Å². The number of aromatic nitrogens is 4. The lowest BCUT2D eigenvalue weighted by Gasteiger charge is -2.32. The molecule has 27 heavy (non-hydrogen) atoms. The highest BCUT2D eigenvalue weighted by Crippen LogP contribution is 2.25. The number of pyridine rings is 1. The van der Waals surface area contributed by atoms with Gasteiger partial charge in [0, 0.05) is 24.7 Å². The molecule has 0 spiro atoms. The number of benzene rings is 1. The highest BCUT2D eigenvalue weighted by Gasteiger charge is 2.26. The predicted molar refractivity (Wildman–Crippen MR) is 101 cm³/mol. The molecule has 0 aliphatic carbocycles. The first-order valence-electron chi connectivity index (χ1n) is 9.07. The number of rotatable bonds is 3. The summed E-state index contributed by atoms with van der Waals surface area (Å²) in [5, 5.41) is 21.2. The molecule has 0 saturated carbocycles. The quantitative estimate of drug-likeness (QED) is 0.742. The highest BCUT2D eigenvalue weighted by atomic mass is 16.3. The van der Waals surface area contributed by atoms with Crippen molar-refractivity contribution >= 4 is 22.6 Å². The molecular weight excluding hydrogens is 344 g/mol. The average molecular weight is 366 g/mol. The van der Waals surface area contributed by atoms with Crippen LogP contribution in [0.2, 0.25) is 0 Å². The Kier molecular flexibility index (Phi) is 4.72. The third-order valence-corrected chi connectivity index (χ3v) is 4.87. The Morgan fingerprint density at radius 1 is 1.41 bits per heavy atom. The molecule has 4 rings (SSSR count). The molecule has 1 atom stereocenters. The molecule has 1 unspecified atom stereocenters. The van der Waals surface area contributed by atoms with Crippen LogP contribution in [0.5, 0.6) is 0 Å². The van der Waals surface area contributed by atoms with Crippen LogP contribution in [-0.4, -0.2) is 49.1 Å². The van der Waals surface area contributed by atoms with E-state index in [9.17, 15) is 4.79 Å². The van der Waals surface area contributed by atoms with Crippen molar-refractivity contribution in [1.29, 1.82) is 0 Å². The molecule has 0 radical (unpaired) electrons. The number of nitrogens with zero attached hydrogens (tertiary/aromatic N) is 5. The van der Waals surface area contributed by atoms with Gasteiger partial charge in [-0.15, -0.1) is 5.10 Å². The van der Waals surface area contributed by atoms with E-state index in [2.05, 4.69) is 26.7 Å². The Hall–Kier alpha value is -3.00. The number of carbonyl (C=O) groups excluding carboxylic acids is 1. The van der Waals surface area contributed by atoms with Gasteiger partial charge in [0.2, 0.25) is 0 Å². The van der Waals surface area contributed by atoms with Gasteiger partial charge < -0.3 is 15.3 Å². The molecule has 3 heterocycles. The van der Waals surface area contributed by atoms with E-state index in [0.29, 0.717) is 18.8 Å². The number of aryl methyl sites for hydroxylation is 1. The van der Waals surface area contributed by atoms with Gasteiger partial charge in [-0.3, -0.25) is 4.98 Å². The summed E-state index contributed by atoms with van der Waals surface area (Å²) in [6.07, 6.45) is 5.28. The van der Waals surface area contributed by atoms with Crippen molar-refractivity contribution < 1.29 is 9.90 Å². The first-order valence-corrected chi connectivity index (χ1v) is 9.07.